The minimum absolute atomic E-state index is 0.473. The summed E-state index contributed by atoms with van der Waals surface area (Å²) in [6, 6.07) is 11.3. The third-order valence-electron chi connectivity index (χ3n) is 1.92. The van der Waals surface area contributed by atoms with Crippen LogP contribution in [0.4, 0.5) is 0 Å². The summed E-state index contributed by atoms with van der Waals surface area (Å²) in [4.78, 5) is 4.00. The Morgan fingerprint density at radius 3 is 2.29 bits per heavy atom. The second-order valence-electron chi connectivity index (χ2n) is 2.82. The van der Waals surface area contributed by atoms with Gasteiger partial charge in [-0.3, -0.25) is 0 Å². The van der Waals surface area contributed by atoms with Gasteiger partial charge >= 0.3 is 0 Å². The summed E-state index contributed by atoms with van der Waals surface area (Å²) in [5.74, 6) is 0. The van der Waals surface area contributed by atoms with Crippen LogP contribution >= 0.6 is 23.2 Å². The number of rotatable bonds is 1. The summed E-state index contributed by atoms with van der Waals surface area (Å²) >= 11 is 12.0. The molecule has 0 fully saturated rings. The molecular formula is C11H7Cl2N. The van der Waals surface area contributed by atoms with Crippen LogP contribution in [0, 0.1) is 0 Å². The van der Waals surface area contributed by atoms with Crippen LogP contribution in [0.5, 0.6) is 0 Å². The molecule has 0 N–H and O–H groups in total. The van der Waals surface area contributed by atoms with Gasteiger partial charge < -0.3 is 0 Å². The molecule has 14 heavy (non-hydrogen) atoms. The fourth-order valence-corrected chi connectivity index (χ4v) is 1.73. The van der Waals surface area contributed by atoms with Gasteiger partial charge in [0.05, 0.1) is 0 Å². The number of benzene rings is 1. The number of hydrogen-bond acceptors (Lipinski definition) is 1. The fourth-order valence-electron chi connectivity index (χ4n) is 1.27. The van der Waals surface area contributed by atoms with Gasteiger partial charge in [-0.05, 0) is 18.2 Å². The van der Waals surface area contributed by atoms with E-state index in [2.05, 4.69) is 4.98 Å². The first kappa shape index (κ1) is 9.50. The Hall–Kier alpha value is -1.05. The second-order valence-corrected chi connectivity index (χ2v) is 3.59. The molecule has 0 saturated heterocycles. The van der Waals surface area contributed by atoms with E-state index < -0.39 is 0 Å². The molecule has 2 aromatic rings. The lowest BCUT2D eigenvalue weighted by Gasteiger charge is -2.04. The van der Waals surface area contributed by atoms with Crippen molar-refractivity contribution in [2.45, 2.75) is 0 Å². The summed E-state index contributed by atoms with van der Waals surface area (Å²) in [6.07, 6.45) is 1.66. The smallest absolute Gasteiger partial charge is 0.136 e. The molecule has 1 aromatic heterocycles. The standard InChI is InChI=1S/C11H7Cl2N/c12-10-6-2-1-4-8(10)9-5-3-7-14-11(9)13/h1-7H. The summed E-state index contributed by atoms with van der Waals surface area (Å²) in [5, 5.41) is 1.16. The zero-order valence-corrected chi connectivity index (χ0v) is 8.76. The van der Waals surface area contributed by atoms with Gasteiger partial charge in [0.25, 0.3) is 0 Å². The van der Waals surface area contributed by atoms with Crippen molar-refractivity contribution < 1.29 is 0 Å². The zero-order chi connectivity index (χ0) is 9.97. The Morgan fingerprint density at radius 2 is 1.57 bits per heavy atom. The SMILES string of the molecule is Clc1ccccc1-c1cccnc1Cl. The third kappa shape index (κ3) is 1.74. The molecule has 0 unspecified atom stereocenters. The quantitative estimate of drug-likeness (QED) is 0.665. The molecule has 1 aromatic carbocycles. The Morgan fingerprint density at radius 1 is 0.857 bits per heavy atom. The van der Waals surface area contributed by atoms with Crippen molar-refractivity contribution in [2.75, 3.05) is 0 Å². The topological polar surface area (TPSA) is 12.9 Å². The van der Waals surface area contributed by atoms with E-state index in [0.717, 1.165) is 11.1 Å². The fraction of sp³-hybridized carbons (Fsp3) is 0. The van der Waals surface area contributed by atoms with Crippen LogP contribution in [0.15, 0.2) is 42.6 Å². The lowest BCUT2D eigenvalue weighted by Crippen LogP contribution is -1.82. The molecule has 0 amide bonds. The van der Waals surface area contributed by atoms with E-state index in [1.54, 1.807) is 6.20 Å². The highest BCUT2D eigenvalue weighted by Crippen LogP contribution is 2.31. The van der Waals surface area contributed by atoms with E-state index in [4.69, 9.17) is 23.2 Å². The molecule has 0 aliphatic carbocycles. The maximum atomic E-state index is 6.04. The van der Waals surface area contributed by atoms with Gasteiger partial charge in [-0.15, -0.1) is 0 Å². The van der Waals surface area contributed by atoms with Crippen molar-refractivity contribution in [3.8, 4) is 11.1 Å². The van der Waals surface area contributed by atoms with Gasteiger partial charge in [0.1, 0.15) is 5.15 Å². The largest absolute Gasteiger partial charge is 0.244 e. The molecule has 2 rings (SSSR count). The summed E-state index contributed by atoms with van der Waals surface area (Å²) in [5.41, 5.74) is 1.77. The monoisotopic (exact) mass is 223 g/mol. The molecule has 0 saturated carbocycles. The van der Waals surface area contributed by atoms with Crippen LogP contribution < -0.4 is 0 Å². The maximum absolute atomic E-state index is 6.04. The first-order valence-electron chi connectivity index (χ1n) is 4.14. The van der Waals surface area contributed by atoms with Crippen molar-refractivity contribution in [3.63, 3.8) is 0 Å². The second kappa shape index (κ2) is 3.99. The minimum Gasteiger partial charge on any atom is -0.244 e. The van der Waals surface area contributed by atoms with Crippen LogP contribution in [0.25, 0.3) is 11.1 Å². The van der Waals surface area contributed by atoms with Gasteiger partial charge in [-0.25, -0.2) is 4.98 Å². The molecule has 1 nitrogen and oxygen atoms in total. The van der Waals surface area contributed by atoms with Crippen molar-refractivity contribution in [2.24, 2.45) is 0 Å². The Kier molecular flexibility index (Phi) is 2.71. The molecule has 0 radical (unpaired) electrons. The van der Waals surface area contributed by atoms with Gasteiger partial charge in [0, 0.05) is 22.3 Å². The average molecular weight is 224 g/mol. The number of halogens is 2. The van der Waals surface area contributed by atoms with E-state index in [-0.39, 0.29) is 0 Å². The van der Waals surface area contributed by atoms with E-state index in [9.17, 15) is 0 Å². The number of aromatic nitrogens is 1. The van der Waals surface area contributed by atoms with E-state index >= 15 is 0 Å². The predicted molar refractivity (Wildman–Crippen MR) is 59.7 cm³/mol. The number of nitrogens with zero attached hydrogens (tertiary/aromatic N) is 1. The van der Waals surface area contributed by atoms with Crippen LogP contribution in [0.3, 0.4) is 0 Å². The molecular weight excluding hydrogens is 217 g/mol. The summed E-state index contributed by atoms with van der Waals surface area (Å²) in [6.45, 7) is 0. The molecule has 0 spiro atoms. The average Bonchev–Trinajstić information content (AvgIpc) is 2.20. The normalized spacial score (nSPS) is 10.1. The minimum atomic E-state index is 0.473. The van der Waals surface area contributed by atoms with E-state index in [1.807, 2.05) is 36.4 Å². The molecule has 0 bridgehead atoms. The van der Waals surface area contributed by atoms with Crippen molar-refractivity contribution >= 4 is 23.2 Å². The van der Waals surface area contributed by atoms with Crippen LogP contribution in [0.2, 0.25) is 10.2 Å². The lowest BCUT2D eigenvalue weighted by molar-refractivity contribution is 1.33. The Bertz CT molecular complexity index is 411. The Labute approximate surface area is 92.3 Å². The molecule has 0 aliphatic heterocycles. The highest BCUT2D eigenvalue weighted by Gasteiger charge is 2.06. The van der Waals surface area contributed by atoms with Crippen LogP contribution in [-0.2, 0) is 0 Å². The highest BCUT2D eigenvalue weighted by atomic mass is 35.5. The number of pyridine rings is 1. The lowest BCUT2D eigenvalue weighted by atomic mass is 10.1. The molecule has 0 atom stereocenters. The van der Waals surface area contributed by atoms with Crippen LogP contribution in [0.1, 0.15) is 0 Å². The molecule has 1 heterocycles. The highest BCUT2D eigenvalue weighted by molar-refractivity contribution is 6.35. The first-order chi connectivity index (χ1) is 6.79. The Balaban J connectivity index is 2.61. The zero-order valence-electron chi connectivity index (χ0n) is 7.24. The number of hydrogen-bond donors (Lipinski definition) is 0. The van der Waals surface area contributed by atoms with Gasteiger partial charge in [0.2, 0.25) is 0 Å². The van der Waals surface area contributed by atoms with E-state index in [0.29, 0.717) is 10.2 Å². The predicted octanol–water partition coefficient (Wildman–Crippen LogP) is 4.06. The van der Waals surface area contributed by atoms with Gasteiger partial charge in [-0.1, -0.05) is 41.4 Å². The summed E-state index contributed by atoms with van der Waals surface area (Å²) in [7, 11) is 0. The third-order valence-corrected chi connectivity index (χ3v) is 2.55. The van der Waals surface area contributed by atoms with Crippen molar-refractivity contribution in [1.29, 1.82) is 0 Å². The van der Waals surface area contributed by atoms with Crippen LogP contribution in [-0.4, -0.2) is 4.98 Å². The van der Waals surface area contributed by atoms with Crippen molar-refractivity contribution in [1.82, 2.24) is 4.98 Å². The van der Waals surface area contributed by atoms with E-state index in [1.165, 1.54) is 0 Å². The first-order valence-corrected chi connectivity index (χ1v) is 4.90. The maximum Gasteiger partial charge on any atom is 0.136 e. The van der Waals surface area contributed by atoms with Gasteiger partial charge in [-0.2, -0.15) is 0 Å². The molecule has 3 heteroatoms. The molecule has 0 aliphatic rings. The molecule has 70 valence electrons. The van der Waals surface area contributed by atoms with Gasteiger partial charge in [0.15, 0.2) is 0 Å². The van der Waals surface area contributed by atoms with Crippen molar-refractivity contribution in [3.05, 3.63) is 52.8 Å². The summed E-state index contributed by atoms with van der Waals surface area (Å²) < 4.78 is 0.